The highest BCUT2D eigenvalue weighted by molar-refractivity contribution is 5.76. The van der Waals surface area contributed by atoms with E-state index in [-0.39, 0.29) is 17.6 Å². The van der Waals surface area contributed by atoms with Gasteiger partial charge in [-0.15, -0.1) is 0 Å². The number of benzene rings is 1. The lowest BCUT2D eigenvalue weighted by Gasteiger charge is -2.33. The predicted molar refractivity (Wildman–Crippen MR) is 111 cm³/mol. The van der Waals surface area contributed by atoms with Gasteiger partial charge in [-0.25, -0.2) is 9.78 Å². The number of carbonyl (C=O) groups is 1. The first-order chi connectivity index (χ1) is 13.7. The highest BCUT2D eigenvalue weighted by atomic mass is 16.2. The third-order valence-electron chi connectivity index (χ3n) is 5.97. The van der Waals surface area contributed by atoms with E-state index >= 15 is 0 Å². The zero-order chi connectivity index (χ0) is 19.5. The van der Waals surface area contributed by atoms with Crippen LogP contribution in [0.25, 0.3) is 11.0 Å². The van der Waals surface area contributed by atoms with Crippen molar-refractivity contribution in [2.75, 3.05) is 18.0 Å². The van der Waals surface area contributed by atoms with Crippen molar-refractivity contribution in [3.05, 3.63) is 34.6 Å². The number of para-hydroxylation sites is 2. The molecule has 1 saturated heterocycles. The largest absolute Gasteiger partial charge is 0.352 e. The first kappa shape index (κ1) is 18.8. The van der Waals surface area contributed by atoms with Gasteiger partial charge in [0.05, 0.1) is 11.0 Å². The Balaban J connectivity index is 1.41. The number of urea groups is 1. The van der Waals surface area contributed by atoms with Gasteiger partial charge in [0, 0.05) is 31.7 Å². The fourth-order valence-corrected chi connectivity index (χ4v) is 4.42. The van der Waals surface area contributed by atoms with Gasteiger partial charge in [-0.2, -0.15) is 0 Å². The highest BCUT2D eigenvalue weighted by Gasteiger charge is 2.25. The van der Waals surface area contributed by atoms with E-state index in [0.29, 0.717) is 18.4 Å². The monoisotopic (exact) mass is 383 g/mol. The van der Waals surface area contributed by atoms with E-state index in [2.05, 4.69) is 20.5 Å². The van der Waals surface area contributed by atoms with Crippen molar-refractivity contribution in [2.24, 2.45) is 0 Å². The molecule has 2 heterocycles. The van der Waals surface area contributed by atoms with Crippen molar-refractivity contribution in [1.82, 2.24) is 20.2 Å². The average Bonchev–Trinajstić information content (AvgIpc) is 3.21. The second-order valence-electron chi connectivity index (χ2n) is 7.83. The number of anilines is 1. The Hall–Kier alpha value is -2.57. The summed E-state index contributed by atoms with van der Waals surface area (Å²) in [5, 5.41) is 6.19. The minimum atomic E-state index is -0.0532. The third kappa shape index (κ3) is 3.84. The van der Waals surface area contributed by atoms with Gasteiger partial charge in [0.1, 0.15) is 0 Å². The molecule has 2 aliphatic rings. The highest BCUT2D eigenvalue weighted by Crippen LogP contribution is 2.20. The fraction of sp³-hybridized carbons (Fsp3) is 0.571. The van der Waals surface area contributed by atoms with Crippen molar-refractivity contribution < 1.29 is 4.79 Å². The average molecular weight is 383 g/mol. The summed E-state index contributed by atoms with van der Waals surface area (Å²) in [6.07, 6.45) is 6.22. The molecule has 1 aliphatic carbocycles. The summed E-state index contributed by atoms with van der Waals surface area (Å²) >= 11 is 0. The van der Waals surface area contributed by atoms with Crippen molar-refractivity contribution in [2.45, 2.75) is 64.1 Å². The van der Waals surface area contributed by atoms with Crippen molar-refractivity contribution >= 4 is 22.9 Å². The maximum atomic E-state index is 12.9. The molecule has 4 rings (SSSR count). The summed E-state index contributed by atoms with van der Waals surface area (Å²) in [6, 6.07) is 8.19. The van der Waals surface area contributed by atoms with Gasteiger partial charge in [-0.1, -0.05) is 25.0 Å². The first-order valence-corrected chi connectivity index (χ1v) is 10.5. The van der Waals surface area contributed by atoms with Crippen molar-refractivity contribution in [3.8, 4) is 0 Å². The molecule has 2 aromatic rings. The summed E-state index contributed by atoms with van der Waals surface area (Å²) in [5.74, 6) is 0.523. The predicted octanol–water partition coefficient (Wildman–Crippen LogP) is 2.63. The molecule has 28 heavy (non-hydrogen) atoms. The lowest BCUT2D eigenvalue weighted by molar-refractivity contribution is 0.230. The van der Waals surface area contributed by atoms with Gasteiger partial charge >= 0.3 is 6.03 Å². The molecule has 1 aromatic carbocycles. The number of nitrogens with zero attached hydrogens (tertiary/aromatic N) is 3. The van der Waals surface area contributed by atoms with Crippen LogP contribution in [0.4, 0.5) is 10.6 Å². The zero-order valence-electron chi connectivity index (χ0n) is 16.5. The Morgan fingerprint density at radius 2 is 1.71 bits per heavy atom. The zero-order valence-corrected chi connectivity index (χ0v) is 16.5. The van der Waals surface area contributed by atoms with Crippen molar-refractivity contribution in [1.29, 1.82) is 0 Å². The number of rotatable bonds is 4. The van der Waals surface area contributed by atoms with Gasteiger partial charge in [-0.05, 0) is 44.7 Å². The summed E-state index contributed by atoms with van der Waals surface area (Å²) < 4.78 is 1.79. The molecular formula is C21H29N5O2. The molecular weight excluding hydrogens is 354 g/mol. The van der Waals surface area contributed by atoms with Crippen LogP contribution in [-0.2, 0) is 6.54 Å². The van der Waals surface area contributed by atoms with Gasteiger partial charge in [0.15, 0.2) is 5.82 Å². The van der Waals surface area contributed by atoms with E-state index in [1.807, 2.05) is 31.2 Å². The summed E-state index contributed by atoms with van der Waals surface area (Å²) in [6.45, 7) is 4.04. The molecule has 1 aliphatic heterocycles. The Bertz CT molecular complexity index is 895. The van der Waals surface area contributed by atoms with E-state index < -0.39 is 0 Å². The Morgan fingerprint density at radius 3 is 2.39 bits per heavy atom. The number of amides is 2. The lowest BCUT2D eigenvalue weighted by Crippen LogP contribution is -2.50. The number of aryl methyl sites for hydroxylation is 1. The van der Waals surface area contributed by atoms with Crippen LogP contribution < -0.4 is 21.1 Å². The summed E-state index contributed by atoms with van der Waals surface area (Å²) in [7, 11) is 0. The molecule has 0 atom stereocenters. The number of piperidine rings is 1. The van der Waals surface area contributed by atoms with Crippen LogP contribution >= 0.6 is 0 Å². The lowest BCUT2D eigenvalue weighted by atomic mass is 10.1. The maximum absolute atomic E-state index is 12.9. The van der Waals surface area contributed by atoms with Gasteiger partial charge < -0.3 is 20.1 Å². The molecule has 0 unspecified atom stereocenters. The molecule has 1 aromatic heterocycles. The quantitative estimate of drug-likeness (QED) is 0.851. The maximum Gasteiger partial charge on any atom is 0.315 e. The van der Waals surface area contributed by atoms with Crippen LogP contribution in [0.1, 0.15) is 45.4 Å². The van der Waals surface area contributed by atoms with Crippen LogP contribution in [0.5, 0.6) is 0 Å². The Labute approximate surface area is 165 Å². The number of carbonyl (C=O) groups excluding carboxylic acids is 1. The summed E-state index contributed by atoms with van der Waals surface area (Å²) in [4.78, 5) is 31.9. The van der Waals surface area contributed by atoms with E-state index in [0.717, 1.165) is 49.8 Å². The second-order valence-corrected chi connectivity index (χ2v) is 7.83. The Morgan fingerprint density at radius 1 is 1.07 bits per heavy atom. The molecule has 0 radical (unpaired) electrons. The minimum absolute atomic E-state index is 0.0356. The summed E-state index contributed by atoms with van der Waals surface area (Å²) in [5.41, 5.74) is 1.68. The number of aromatic nitrogens is 2. The van der Waals surface area contributed by atoms with E-state index in [9.17, 15) is 9.59 Å². The number of hydrogen-bond acceptors (Lipinski definition) is 4. The molecule has 7 heteroatoms. The SMILES string of the molecule is CCn1c(=O)c(N2CCC(NC(=O)NC3CCCC3)CC2)nc2ccccc21. The first-order valence-electron chi connectivity index (χ1n) is 10.5. The van der Waals surface area contributed by atoms with Crippen molar-refractivity contribution in [3.63, 3.8) is 0 Å². The normalized spacial score (nSPS) is 18.5. The topological polar surface area (TPSA) is 79.3 Å². The van der Waals surface area contributed by atoms with Crippen LogP contribution in [0.2, 0.25) is 0 Å². The molecule has 150 valence electrons. The number of hydrogen-bond donors (Lipinski definition) is 2. The molecule has 7 nitrogen and oxygen atoms in total. The smallest absolute Gasteiger partial charge is 0.315 e. The van der Waals surface area contributed by atoms with Gasteiger partial charge in [0.25, 0.3) is 5.56 Å². The molecule has 2 fully saturated rings. The van der Waals surface area contributed by atoms with E-state index in [1.54, 1.807) is 4.57 Å². The molecule has 1 saturated carbocycles. The van der Waals surface area contributed by atoms with Crippen LogP contribution in [0.3, 0.4) is 0 Å². The molecule has 2 amide bonds. The fourth-order valence-electron chi connectivity index (χ4n) is 4.42. The molecule has 2 N–H and O–H groups in total. The number of nitrogens with one attached hydrogen (secondary N) is 2. The van der Waals surface area contributed by atoms with E-state index in [1.165, 1.54) is 12.8 Å². The molecule has 0 bridgehead atoms. The van der Waals surface area contributed by atoms with E-state index in [4.69, 9.17) is 0 Å². The van der Waals surface area contributed by atoms with Crippen LogP contribution in [0.15, 0.2) is 29.1 Å². The third-order valence-corrected chi connectivity index (χ3v) is 5.97. The van der Waals surface area contributed by atoms with Crippen LogP contribution in [0, 0.1) is 0 Å². The standard InChI is InChI=1S/C21H29N5O2/c1-2-26-18-10-6-5-9-17(18)24-19(20(26)27)25-13-11-16(12-14-25)23-21(28)22-15-7-3-4-8-15/h5-6,9-10,15-16H,2-4,7-8,11-14H2,1H3,(H2,22,23,28). The van der Waals surface area contributed by atoms with Gasteiger partial charge in [-0.3, -0.25) is 4.79 Å². The van der Waals surface area contributed by atoms with Crippen LogP contribution in [-0.4, -0.2) is 40.8 Å². The Kier molecular flexibility index (Phi) is 5.50. The number of fused-ring (bicyclic) bond motifs is 1. The van der Waals surface area contributed by atoms with Gasteiger partial charge in [0.2, 0.25) is 0 Å². The molecule has 0 spiro atoms. The minimum Gasteiger partial charge on any atom is -0.352 e. The second kappa shape index (κ2) is 8.20.